The molecule has 1 aliphatic rings. The second-order valence-corrected chi connectivity index (χ2v) is 8.25. The van der Waals surface area contributed by atoms with E-state index >= 15 is 0 Å². The molecule has 1 atom stereocenters. The molecular formula is C27H29F2NO2. The Morgan fingerprint density at radius 1 is 0.875 bits per heavy atom. The predicted molar refractivity (Wildman–Crippen MR) is 122 cm³/mol. The summed E-state index contributed by atoms with van der Waals surface area (Å²) in [5.41, 5.74) is 3.01. The highest BCUT2D eigenvalue weighted by Gasteiger charge is 2.26. The van der Waals surface area contributed by atoms with Gasteiger partial charge in [-0.15, -0.1) is 0 Å². The second kappa shape index (κ2) is 10.7. The summed E-state index contributed by atoms with van der Waals surface area (Å²) < 4.78 is 38.5. The Balaban J connectivity index is 1.40. The van der Waals surface area contributed by atoms with Crippen LogP contribution in [0.3, 0.4) is 0 Å². The van der Waals surface area contributed by atoms with E-state index in [0.29, 0.717) is 12.6 Å². The fraction of sp³-hybridized carbons (Fsp3) is 0.333. The molecule has 0 saturated carbocycles. The van der Waals surface area contributed by atoms with Crippen LogP contribution in [-0.2, 0) is 11.2 Å². The van der Waals surface area contributed by atoms with Gasteiger partial charge in [-0.1, -0.05) is 36.4 Å². The number of halogens is 2. The van der Waals surface area contributed by atoms with E-state index < -0.39 is 0 Å². The van der Waals surface area contributed by atoms with Crippen molar-refractivity contribution < 1.29 is 18.3 Å². The van der Waals surface area contributed by atoms with Crippen LogP contribution in [0.25, 0.3) is 0 Å². The molecule has 0 radical (unpaired) electrons. The summed E-state index contributed by atoms with van der Waals surface area (Å²) in [4.78, 5) is 2.48. The molecule has 32 heavy (non-hydrogen) atoms. The van der Waals surface area contributed by atoms with Crippen molar-refractivity contribution in [1.29, 1.82) is 0 Å². The average Bonchev–Trinajstić information content (AvgIpc) is 3.27. The third kappa shape index (κ3) is 5.72. The number of hydrogen-bond donors (Lipinski definition) is 0. The largest absolute Gasteiger partial charge is 0.497 e. The van der Waals surface area contributed by atoms with Crippen molar-refractivity contribution in [1.82, 2.24) is 4.90 Å². The van der Waals surface area contributed by atoms with E-state index in [0.717, 1.165) is 49.2 Å². The monoisotopic (exact) mass is 437 g/mol. The van der Waals surface area contributed by atoms with Crippen molar-refractivity contribution in [3.8, 4) is 5.75 Å². The Hall–Kier alpha value is -2.76. The van der Waals surface area contributed by atoms with E-state index in [2.05, 4.69) is 17.0 Å². The summed E-state index contributed by atoms with van der Waals surface area (Å²) in [7, 11) is 1.68. The first-order chi connectivity index (χ1) is 15.6. The first-order valence-electron chi connectivity index (χ1n) is 11.1. The first-order valence-corrected chi connectivity index (χ1v) is 11.1. The van der Waals surface area contributed by atoms with Gasteiger partial charge in [-0.25, -0.2) is 8.78 Å². The van der Waals surface area contributed by atoms with E-state index in [1.54, 1.807) is 31.4 Å². The Labute approximate surface area is 188 Å². The number of nitrogens with zero attached hydrogens (tertiary/aromatic N) is 1. The minimum absolute atomic E-state index is 0.285. The summed E-state index contributed by atoms with van der Waals surface area (Å²) >= 11 is 0. The number of hydrogen-bond acceptors (Lipinski definition) is 3. The molecule has 0 spiro atoms. The van der Waals surface area contributed by atoms with Gasteiger partial charge in [0.1, 0.15) is 23.5 Å². The lowest BCUT2D eigenvalue weighted by Crippen LogP contribution is -2.35. The van der Waals surface area contributed by atoms with Crippen LogP contribution >= 0.6 is 0 Å². The number of ether oxygens (including phenoxy) is 2. The zero-order valence-corrected chi connectivity index (χ0v) is 18.3. The number of rotatable bonds is 9. The minimum atomic E-state index is -0.361. The van der Waals surface area contributed by atoms with Gasteiger partial charge in [0.2, 0.25) is 0 Å². The topological polar surface area (TPSA) is 21.7 Å². The molecule has 1 saturated heterocycles. The van der Waals surface area contributed by atoms with Crippen molar-refractivity contribution in [2.75, 3.05) is 26.8 Å². The molecule has 0 aromatic heterocycles. The molecule has 3 nitrogen and oxygen atoms in total. The van der Waals surface area contributed by atoms with Gasteiger partial charge in [0.15, 0.2) is 0 Å². The van der Waals surface area contributed by atoms with E-state index in [1.165, 1.54) is 29.8 Å². The lowest BCUT2D eigenvalue weighted by Gasteiger charge is -2.27. The Morgan fingerprint density at radius 2 is 1.47 bits per heavy atom. The molecule has 4 rings (SSSR count). The van der Waals surface area contributed by atoms with E-state index in [-0.39, 0.29) is 17.7 Å². The van der Waals surface area contributed by atoms with Gasteiger partial charge in [-0.2, -0.15) is 0 Å². The molecule has 1 heterocycles. The van der Waals surface area contributed by atoms with Gasteiger partial charge in [-0.3, -0.25) is 4.90 Å². The normalized spacial score (nSPS) is 16.6. The standard InChI is InChI=1S/C27H29F2NO2/c1-31-26-14-4-20(5-15-26)16-18-30-17-2-3-25(30)19-32-27(21-6-10-23(28)11-7-21)22-8-12-24(29)13-9-22/h4-15,25,27H,2-3,16-19H2,1H3. The number of methoxy groups -OCH3 is 1. The molecule has 3 aromatic rings. The van der Waals surface area contributed by atoms with Gasteiger partial charge in [-0.05, 0) is 78.9 Å². The molecule has 168 valence electrons. The zero-order chi connectivity index (χ0) is 22.3. The van der Waals surface area contributed by atoms with Crippen LogP contribution in [0, 0.1) is 11.6 Å². The summed E-state index contributed by atoms with van der Waals surface area (Å²) in [6.45, 7) is 2.60. The number of likely N-dealkylation sites (tertiary alicyclic amines) is 1. The first kappa shape index (κ1) is 22.4. The Bertz CT molecular complexity index is 929. The summed E-state index contributed by atoms with van der Waals surface area (Å²) in [6.07, 6.45) is 2.84. The van der Waals surface area contributed by atoms with Gasteiger partial charge < -0.3 is 9.47 Å². The quantitative estimate of drug-likeness (QED) is 0.423. The molecule has 0 aliphatic carbocycles. The number of benzene rings is 3. The van der Waals surface area contributed by atoms with Crippen LogP contribution in [0.2, 0.25) is 0 Å². The summed E-state index contributed by atoms with van der Waals surface area (Å²) in [5.74, 6) is 0.299. The van der Waals surface area contributed by atoms with Crippen LogP contribution in [-0.4, -0.2) is 37.7 Å². The van der Waals surface area contributed by atoms with Gasteiger partial charge in [0.25, 0.3) is 0 Å². The molecule has 1 fully saturated rings. The van der Waals surface area contributed by atoms with Gasteiger partial charge >= 0.3 is 0 Å². The molecule has 1 aliphatic heterocycles. The maximum absolute atomic E-state index is 13.5. The highest BCUT2D eigenvalue weighted by Crippen LogP contribution is 2.28. The summed E-state index contributed by atoms with van der Waals surface area (Å²) in [5, 5.41) is 0. The SMILES string of the molecule is COc1ccc(CCN2CCCC2COC(c2ccc(F)cc2)c2ccc(F)cc2)cc1. The fourth-order valence-electron chi connectivity index (χ4n) is 4.31. The highest BCUT2D eigenvalue weighted by molar-refractivity contribution is 5.31. The molecule has 5 heteroatoms. The Morgan fingerprint density at radius 3 is 2.03 bits per heavy atom. The maximum atomic E-state index is 13.5. The third-order valence-corrected chi connectivity index (χ3v) is 6.15. The molecule has 0 amide bonds. The van der Waals surface area contributed by atoms with Crippen LogP contribution in [0.1, 0.15) is 35.6 Å². The van der Waals surface area contributed by atoms with Crippen molar-refractivity contribution >= 4 is 0 Å². The lowest BCUT2D eigenvalue weighted by atomic mass is 10.0. The zero-order valence-electron chi connectivity index (χ0n) is 18.3. The van der Waals surface area contributed by atoms with Crippen LogP contribution in [0.5, 0.6) is 5.75 Å². The van der Waals surface area contributed by atoms with Crippen LogP contribution in [0.15, 0.2) is 72.8 Å². The fourth-order valence-corrected chi connectivity index (χ4v) is 4.31. The van der Waals surface area contributed by atoms with E-state index in [4.69, 9.17) is 9.47 Å². The van der Waals surface area contributed by atoms with Crippen molar-refractivity contribution in [3.05, 3.63) is 101 Å². The van der Waals surface area contributed by atoms with Crippen molar-refractivity contribution in [3.63, 3.8) is 0 Å². The second-order valence-electron chi connectivity index (χ2n) is 8.25. The molecule has 0 bridgehead atoms. The predicted octanol–water partition coefficient (Wildman–Crippen LogP) is 5.79. The van der Waals surface area contributed by atoms with E-state index in [1.807, 2.05) is 12.1 Å². The van der Waals surface area contributed by atoms with Gasteiger partial charge in [0.05, 0.1) is 13.7 Å². The maximum Gasteiger partial charge on any atom is 0.123 e. The summed E-state index contributed by atoms with van der Waals surface area (Å²) in [6, 6.07) is 21.2. The van der Waals surface area contributed by atoms with Crippen LogP contribution < -0.4 is 4.74 Å². The average molecular weight is 438 g/mol. The molecule has 3 aromatic carbocycles. The van der Waals surface area contributed by atoms with Gasteiger partial charge in [0, 0.05) is 12.6 Å². The smallest absolute Gasteiger partial charge is 0.123 e. The highest BCUT2D eigenvalue weighted by atomic mass is 19.1. The van der Waals surface area contributed by atoms with E-state index in [9.17, 15) is 8.78 Å². The van der Waals surface area contributed by atoms with Crippen molar-refractivity contribution in [2.45, 2.75) is 31.4 Å². The minimum Gasteiger partial charge on any atom is -0.497 e. The third-order valence-electron chi connectivity index (χ3n) is 6.15. The molecule has 0 N–H and O–H groups in total. The lowest BCUT2D eigenvalue weighted by molar-refractivity contribution is 0.0381. The van der Waals surface area contributed by atoms with Crippen LogP contribution in [0.4, 0.5) is 8.78 Å². The Kier molecular flexibility index (Phi) is 7.51. The molecular weight excluding hydrogens is 408 g/mol. The molecule has 1 unspecified atom stereocenters. The van der Waals surface area contributed by atoms with Crippen molar-refractivity contribution in [2.24, 2.45) is 0 Å².